The molecule has 0 aliphatic heterocycles. The lowest BCUT2D eigenvalue weighted by atomic mass is 10.2. The molecular weight excluding hydrogens is 252 g/mol. The van der Waals surface area contributed by atoms with E-state index in [0.717, 1.165) is 12.1 Å². The molecule has 2 rings (SSSR count). The van der Waals surface area contributed by atoms with Gasteiger partial charge in [0.15, 0.2) is 11.6 Å². The quantitative estimate of drug-likeness (QED) is 0.923. The first kappa shape index (κ1) is 13.3. The molecule has 0 amide bonds. The first-order chi connectivity index (χ1) is 9.13. The summed E-state index contributed by atoms with van der Waals surface area (Å²) in [5.74, 6) is -0.549. The van der Waals surface area contributed by atoms with Gasteiger partial charge in [-0.05, 0) is 18.2 Å². The molecule has 0 saturated heterocycles. The van der Waals surface area contributed by atoms with E-state index in [9.17, 15) is 8.78 Å². The van der Waals surface area contributed by atoms with Crippen LogP contribution in [-0.2, 0) is 6.54 Å². The highest BCUT2D eigenvalue weighted by atomic mass is 19.1. The van der Waals surface area contributed by atoms with Crippen molar-refractivity contribution >= 4 is 0 Å². The van der Waals surface area contributed by atoms with E-state index in [1.807, 2.05) is 0 Å². The van der Waals surface area contributed by atoms with Crippen molar-refractivity contribution in [2.75, 3.05) is 7.11 Å². The molecule has 19 heavy (non-hydrogen) atoms. The summed E-state index contributed by atoms with van der Waals surface area (Å²) in [5.41, 5.74) is 6.28. The van der Waals surface area contributed by atoms with E-state index in [1.165, 1.54) is 13.2 Å². The van der Waals surface area contributed by atoms with Crippen molar-refractivity contribution in [2.45, 2.75) is 6.54 Å². The maximum atomic E-state index is 13.5. The van der Waals surface area contributed by atoms with Crippen molar-refractivity contribution in [1.82, 2.24) is 0 Å². The average Bonchev–Trinajstić information content (AvgIpc) is 2.41. The predicted octanol–water partition coefficient (Wildman–Crippen LogP) is 3.22. The summed E-state index contributed by atoms with van der Waals surface area (Å²) in [6.45, 7) is 0.238. The van der Waals surface area contributed by atoms with Crippen LogP contribution in [0.2, 0.25) is 0 Å². The molecule has 2 aromatic carbocycles. The number of benzene rings is 2. The van der Waals surface area contributed by atoms with Crippen LogP contribution in [0.25, 0.3) is 0 Å². The minimum Gasteiger partial charge on any atom is -0.497 e. The molecule has 0 bridgehead atoms. The molecular formula is C14H13F2NO2. The Morgan fingerprint density at radius 1 is 1.05 bits per heavy atom. The molecule has 0 aliphatic rings. The second-order valence-electron chi connectivity index (χ2n) is 3.85. The molecule has 0 atom stereocenters. The fourth-order valence-electron chi connectivity index (χ4n) is 1.60. The molecule has 0 heterocycles. The average molecular weight is 265 g/mol. The van der Waals surface area contributed by atoms with E-state index in [1.54, 1.807) is 18.2 Å². The van der Waals surface area contributed by atoms with E-state index in [0.29, 0.717) is 17.1 Å². The first-order valence-electron chi connectivity index (χ1n) is 5.64. The number of halogens is 2. The lowest BCUT2D eigenvalue weighted by Crippen LogP contribution is -2.00. The van der Waals surface area contributed by atoms with Gasteiger partial charge < -0.3 is 15.2 Å². The number of methoxy groups -OCH3 is 1. The van der Waals surface area contributed by atoms with Crippen LogP contribution in [0.15, 0.2) is 36.4 Å². The zero-order valence-electron chi connectivity index (χ0n) is 10.3. The molecule has 5 heteroatoms. The summed E-state index contributed by atoms with van der Waals surface area (Å²) in [6.07, 6.45) is 0. The van der Waals surface area contributed by atoms with Crippen LogP contribution in [0.4, 0.5) is 8.78 Å². The molecule has 100 valence electrons. The summed E-state index contributed by atoms with van der Waals surface area (Å²) >= 11 is 0. The van der Waals surface area contributed by atoms with E-state index in [-0.39, 0.29) is 12.3 Å². The van der Waals surface area contributed by atoms with Gasteiger partial charge in [-0.2, -0.15) is 0 Å². The van der Waals surface area contributed by atoms with Crippen molar-refractivity contribution in [3.05, 3.63) is 53.6 Å². The van der Waals surface area contributed by atoms with Gasteiger partial charge in [-0.3, -0.25) is 0 Å². The van der Waals surface area contributed by atoms with Crippen molar-refractivity contribution in [3.63, 3.8) is 0 Å². The fraction of sp³-hybridized carbons (Fsp3) is 0.143. The summed E-state index contributed by atoms with van der Waals surface area (Å²) in [7, 11) is 1.51. The van der Waals surface area contributed by atoms with Gasteiger partial charge in [0.05, 0.1) is 7.11 Å². The lowest BCUT2D eigenvalue weighted by molar-refractivity contribution is 0.403. The highest BCUT2D eigenvalue weighted by Gasteiger charge is 2.10. The highest BCUT2D eigenvalue weighted by Crippen LogP contribution is 2.30. The van der Waals surface area contributed by atoms with Gasteiger partial charge in [0.1, 0.15) is 17.3 Å². The Bertz CT molecular complexity index is 588. The maximum Gasteiger partial charge on any atom is 0.168 e. The summed E-state index contributed by atoms with van der Waals surface area (Å²) < 4.78 is 36.8. The van der Waals surface area contributed by atoms with Crippen LogP contribution in [0.1, 0.15) is 5.56 Å². The van der Waals surface area contributed by atoms with E-state index < -0.39 is 11.6 Å². The van der Waals surface area contributed by atoms with Gasteiger partial charge in [0.2, 0.25) is 0 Å². The molecule has 0 saturated carbocycles. The summed E-state index contributed by atoms with van der Waals surface area (Å²) in [6, 6.07) is 8.18. The zero-order chi connectivity index (χ0) is 13.8. The smallest absolute Gasteiger partial charge is 0.168 e. The molecule has 2 N–H and O–H groups in total. The normalized spacial score (nSPS) is 10.3. The molecule has 3 nitrogen and oxygen atoms in total. The van der Waals surface area contributed by atoms with Gasteiger partial charge in [0, 0.05) is 24.2 Å². The van der Waals surface area contributed by atoms with E-state index in [2.05, 4.69) is 0 Å². The van der Waals surface area contributed by atoms with Crippen molar-refractivity contribution in [1.29, 1.82) is 0 Å². The van der Waals surface area contributed by atoms with Gasteiger partial charge in [-0.1, -0.05) is 6.07 Å². The number of hydrogen-bond acceptors (Lipinski definition) is 3. The van der Waals surface area contributed by atoms with Crippen LogP contribution < -0.4 is 15.2 Å². The number of hydrogen-bond donors (Lipinski definition) is 1. The number of nitrogens with two attached hydrogens (primary N) is 1. The van der Waals surface area contributed by atoms with Crippen LogP contribution >= 0.6 is 0 Å². The minimum atomic E-state index is -0.772. The van der Waals surface area contributed by atoms with Crippen molar-refractivity contribution < 1.29 is 18.3 Å². The second-order valence-corrected chi connectivity index (χ2v) is 3.85. The third-order valence-electron chi connectivity index (χ3n) is 2.61. The third-order valence-corrected chi connectivity index (χ3v) is 2.61. The highest BCUT2D eigenvalue weighted by molar-refractivity contribution is 5.43. The van der Waals surface area contributed by atoms with Gasteiger partial charge in [0.25, 0.3) is 0 Å². The SMILES string of the molecule is COc1ccc(CN)c(Oc2ccc(F)cc2F)c1. The Labute approximate surface area is 109 Å². The van der Waals surface area contributed by atoms with Crippen molar-refractivity contribution in [3.8, 4) is 17.2 Å². The Balaban J connectivity index is 2.36. The Kier molecular flexibility index (Phi) is 3.97. The van der Waals surface area contributed by atoms with E-state index >= 15 is 0 Å². The van der Waals surface area contributed by atoms with Crippen LogP contribution in [0.5, 0.6) is 17.2 Å². The number of rotatable bonds is 4. The summed E-state index contributed by atoms with van der Waals surface area (Å²) in [4.78, 5) is 0. The maximum absolute atomic E-state index is 13.5. The monoisotopic (exact) mass is 265 g/mol. The summed E-state index contributed by atoms with van der Waals surface area (Å²) in [5, 5.41) is 0. The fourth-order valence-corrected chi connectivity index (χ4v) is 1.60. The Morgan fingerprint density at radius 2 is 1.84 bits per heavy atom. The molecule has 0 unspecified atom stereocenters. The molecule has 2 aromatic rings. The molecule has 0 aromatic heterocycles. The van der Waals surface area contributed by atoms with Crippen LogP contribution in [0, 0.1) is 11.6 Å². The third kappa shape index (κ3) is 3.00. The predicted molar refractivity (Wildman–Crippen MR) is 67.3 cm³/mol. The topological polar surface area (TPSA) is 44.5 Å². The zero-order valence-corrected chi connectivity index (χ0v) is 10.3. The van der Waals surface area contributed by atoms with E-state index in [4.69, 9.17) is 15.2 Å². The largest absolute Gasteiger partial charge is 0.497 e. The van der Waals surface area contributed by atoms with Gasteiger partial charge in [-0.25, -0.2) is 8.78 Å². The second kappa shape index (κ2) is 5.67. The number of ether oxygens (including phenoxy) is 2. The molecule has 0 fully saturated rings. The first-order valence-corrected chi connectivity index (χ1v) is 5.64. The van der Waals surface area contributed by atoms with Gasteiger partial charge >= 0.3 is 0 Å². The molecule has 0 radical (unpaired) electrons. The van der Waals surface area contributed by atoms with Crippen LogP contribution in [-0.4, -0.2) is 7.11 Å². The van der Waals surface area contributed by atoms with Crippen molar-refractivity contribution in [2.24, 2.45) is 5.73 Å². The Hall–Kier alpha value is -2.14. The molecule has 0 spiro atoms. The Morgan fingerprint density at radius 3 is 2.47 bits per heavy atom. The minimum absolute atomic E-state index is 0.0654. The standard InChI is InChI=1S/C14H13F2NO2/c1-18-11-4-2-9(8-17)14(7-11)19-13-5-3-10(15)6-12(13)16/h2-7H,8,17H2,1H3. The lowest BCUT2D eigenvalue weighted by Gasteiger charge is -2.12. The molecule has 0 aliphatic carbocycles. The van der Waals surface area contributed by atoms with Gasteiger partial charge in [-0.15, -0.1) is 0 Å². The van der Waals surface area contributed by atoms with Crippen LogP contribution in [0.3, 0.4) is 0 Å².